The van der Waals surface area contributed by atoms with E-state index in [1.54, 1.807) is 25.1 Å². The molecule has 2 rings (SSSR count). The minimum atomic E-state index is -3.89. The van der Waals surface area contributed by atoms with E-state index in [0.29, 0.717) is 6.42 Å². The number of esters is 1. The molecular weight excluding hydrogens is 388 g/mol. The molecular formula is C18H20N2O7S. The van der Waals surface area contributed by atoms with Gasteiger partial charge in [-0.3, -0.25) is 19.6 Å². The number of non-ortho nitro benzene ring substituents is 1. The van der Waals surface area contributed by atoms with Crippen LogP contribution in [-0.2, 0) is 19.6 Å². The summed E-state index contributed by atoms with van der Waals surface area (Å²) in [6.07, 6.45) is 0.431. The number of benzene rings is 2. The van der Waals surface area contributed by atoms with Gasteiger partial charge >= 0.3 is 5.97 Å². The molecule has 2 aromatic rings. The minimum absolute atomic E-state index is 0.00225. The van der Waals surface area contributed by atoms with Gasteiger partial charge in [-0.05, 0) is 31.5 Å². The largest absolute Gasteiger partial charge is 0.491 e. The van der Waals surface area contributed by atoms with Gasteiger partial charge in [-0.25, -0.2) is 8.42 Å². The summed E-state index contributed by atoms with van der Waals surface area (Å²) in [5.41, 5.74) is -0.186. The van der Waals surface area contributed by atoms with Crippen molar-refractivity contribution in [3.05, 3.63) is 58.6 Å². The van der Waals surface area contributed by atoms with Crippen molar-refractivity contribution < 1.29 is 27.6 Å². The van der Waals surface area contributed by atoms with Crippen molar-refractivity contribution in [2.24, 2.45) is 0 Å². The van der Waals surface area contributed by atoms with Gasteiger partial charge in [-0.1, -0.05) is 18.2 Å². The number of nitrogens with one attached hydrogen (secondary N) is 1. The van der Waals surface area contributed by atoms with Crippen molar-refractivity contribution in [2.45, 2.75) is 24.7 Å². The van der Waals surface area contributed by atoms with Crippen molar-refractivity contribution >= 4 is 27.4 Å². The fraction of sp³-hybridized carbons (Fsp3) is 0.278. The van der Waals surface area contributed by atoms with Gasteiger partial charge in [0.1, 0.15) is 5.75 Å². The molecule has 0 saturated heterocycles. The molecule has 0 unspecified atom stereocenters. The molecule has 2 aromatic carbocycles. The molecule has 0 aliphatic heterocycles. The number of hydrogen-bond acceptors (Lipinski definition) is 7. The number of ether oxygens (including phenoxy) is 2. The van der Waals surface area contributed by atoms with Gasteiger partial charge in [-0.2, -0.15) is 0 Å². The highest BCUT2D eigenvalue weighted by molar-refractivity contribution is 7.92. The summed E-state index contributed by atoms with van der Waals surface area (Å²) < 4.78 is 37.7. The number of hydrogen-bond donors (Lipinski definition) is 1. The summed E-state index contributed by atoms with van der Waals surface area (Å²) in [6, 6.07) is 11.3. The van der Waals surface area contributed by atoms with Crippen LogP contribution in [0.15, 0.2) is 53.4 Å². The molecule has 0 aliphatic rings. The van der Waals surface area contributed by atoms with Gasteiger partial charge in [0.25, 0.3) is 15.7 Å². The molecule has 0 fully saturated rings. The number of nitro benzene ring substituents is 1. The Labute approximate surface area is 162 Å². The highest BCUT2D eigenvalue weighted by Gasteiger charge is 2.19. The predicted octanol–water partition coefficient (Wildman–Crippen LogP) is 3.12. The molecule has 9 nitrogen and oxygen atoms in total. The molecule has 0 spiro atoms. The lowest BCUT2D eigenvalue weighted by Crippen LogP contribution is -2.14. The van der Waals surface area contributed by atoms with Crippen LogP contribution in [0, 0.1) is 10.1 Å². The average Bonchev–Trinajstić information content (AvgIpc) is 2.67. The molecule has 0 heterocycles. The van der Waals surface area contributed by atoms with E-state index in [-0.39, 0.29) is 47.6 Å². The smallest absolute Gasteiger partial charge is 0.305 e. The maximum atomic E-state index is 12.5. The normalized spacial score (nSPS) is 10.9. The summed E-state index contributed by atoms with van der Waals surface area (Å²) in [6.45, 7) is 2.03. The van der Waals surface area contributed by atoms with Crippen molar-refractivity contribution in [1.29, 1.82) is 0 Å². The zero-order valence-corrected chi connectivity index (χ0v) is 16.0. The monoisotopic (exact) mass is 408 g/mol. The van der Waals surface area contributed by atoms with Gasteiger partial charge in [0.15, 0.2) is 0 Å². The van der Waals surface area contributed by atoms with Crippen LogP contribution >= 0.6 is 0 Å². The standard InChI is InChI=1S/C18H20N2O7S/c1-2-26-18(21)9-6-12-27-17-13-14(20(22)23)10-11-16(17)19-28(24,25)15-7-4-3-5-8-15/h3-5,7-8,10-11,13,19H,2,6,9,12H2,1H3. The second kappa shape index (κ2) is 9.70. The Balaban J connectivity index is 2.17. The molecule has 0 aliphatic carbocycles. The van der Waals surface area contributed by atoms with Crippen LogP contribution in [0.3, 0.4) is 0 Å². The first-order valence-corrected chi connectivity index (χ1v) is 9.96. The fourth-order valence-corrected chi connectivity index (χ4v) is 3.35. The number of carbonyl (C=O) groups is 1. The Hall–Kier alpha value is -3.14. The number of rotatable bonds is 10. The topological polar surface area (TPSA) is 125 Å². The highest BCUT2D eigenvalue weighted by atomic mass is 32.2. The third-order valence-electron chi connectivity index (χ3n) is 3.56. The van der Waals surface area contributed by atoms with Crippen LogP contribution in [0.2, 0.25) is 0 Å². The fourth-order valence-electron chi connectivity index (χ4n) is 2.26. The molecule has 0 aromatic heterocycles. The van der Waals surface area contributed by atoms with Crippen molar-refractivity contribution in [3.8, 4) is 5.75 Å². The maximum Gasteiger partial charge on any atom is 0.305 e. The third kappa shape index (κ3) is 5.95. The molecule has 28 heavy (non-hydrogen) atoms. The molecule has 1 N–H and O–H groups in total. The van der Waals surface area contributed by atoms with Crippen LogP contribution in [0.1, 0.15) is 19.8 Å². The van der Waals surface area contributed by atoms with E-state index < -0.39 is 14.9 Å². The molecule has 0 saturated carbocycles. The Kier molecular flexibility index (Phi) is 7.33. The van der Waals surface area contributed by atoms with E-state index in [9.17, 15) is 23.3 Å². The number of nitro groups is 1. The summed E-state index contributed by atoms with van der Waals surface area (Å²) >= 11 is 0. The second-order valence-corrected chi connectivity index (χ2v) is 7.30. The minimum Gasteiger partial charge on any atom is -0.491 e. The molecule has 0 radical (unpaired) electrons. The van der Waals surface area contributed by atoms with Gasteiger partial charge in [-0.15, -0.1) is 0 Å². The van der Waals surface area contributed by atoms with Crippen LogP contribution in [0.5, 0.6) is 5.75 Å². The van der Waals surface area contributed by atoms with Crippen molar-refractivity contribution in [2.75, 3.05) is 17.9 Å². The van der Waals surface area contributed by atoms with Gasteiger partial charge in [0.05, 0.1) is 34.8 Å². The Bertz CT molecular complexity index is 930. The van der Waals surface area contributed by atoms with Crippen LogP contribution in [0.4, 0.5) is 11.4 Å². The predicted molar refractivity (Wildman–Crippen MR) is 102 cm³/mol. The second-order valence-electron chi connectivity index (χ2n) is 5.61. The lowest BCUT2D eigenvalue weighted by atomic mass is 10.2. The molecule has 0 bridgehead atoms. The summed E-state index contributed by atoms with van der Waals surface area (Å²) in [4.78, 5) is 21.8. The van der Waals surface area contributed by atoms with Gasteiger partial charge in [0.2, 0.25) is 0 Å². The molecule has 0 amide bonds. The molecule has 0 atom stereocenters. The van der Waals surface area contributed by atoms with Gasteiger partial charge in [0, 0.05) is 12.5 Å². The molecule has 10 heteroatoms. The first kappa shape index (κ1) is 21.2. The van der Waals surface area contributed by atoms with E-state index >= 15 is 0 Å². The Morgan fingerprint density at radius 2 is 1.89 bits per heavy atom. The van der Waals surface area contributed by atoms with E-state index in [1.807, 2.05) is 0 Å². The number of nitrogens with zero attached hydrogens (tertiary/aromatic N) is 1. The lowest BCUT2D eigenvalue weighted by Gasteiger charge is -2.13. The average molecular weight is 408 g/mol. The summed E-state index contributed by atoms with van der Waals surface area (Å²) in [5, 5.41) is 11.0. The van der Waals surface area contributed by atoms with Crippen LogP contribution in [0.25, 0.3) is 0 Å². The first-order valence-electron chi connectivity index (χ1n) is 8.48. The van der Waals surface area contributed by atoms with Crippen LogP contribution in [-0.4, -0.2) is 32.5 Å². The Morgan fingerprint density at radius 1 is 1.18 bits per heavy atom. The van der Waals surface area contributed by atoms with E-state index in [1.165, 1.54) is 24.3 Å². The van der Waals surface area contributed by atoms with E-state index in [4.69, 9.17) is 9.47 Å². The number of anilines is 1. The zero-order valence-electron chi connectivity index (χ0n) is 15.2. The van der Waals surface area contributed by atoms with Crippen molar-refractivity contribution in [3.63, 3.8) is 0 Å². The quantitative estimate of drug-likeness (QED) is 0.277. The lowest BCUT2D eigenvalue weighted by molar-refractivity contribution is -0.384. The number of sulfonamides is 1. The number of carbonyl (C=O) groups excluding carboxylic acids is 1. The van der Waals surface area contributed by atoms with E-state index in [0.717, 1.165) is 6.07 Å². The SMILES string of the molecule is CCOC(=O)CCCOc1cc([N+](=O)[O-])ccc1NS(=O)(=O)c1ccccc1. The van der Waals surface area contributed by atoms with Gasteiger partial charge < -0.3 is 9.47 Å². The van der Waals surface area contributed by atoms with Crippen molar-refractivity contribution in [1.82, 2.24) is 0 Å². The highest BCUT2D eigenvalue weighted by Crippen LogP contribution is 2.31. The Morgan fingerprint density at radius 3 is 2.54 bits per heavy atom. The third-order valence-corrected chi connectivity index (χ3v) is 4.94. The van der Waals surface area contributed by atoms with E-state index in [2.05, 4.69) is 4.72 Å². The van der Waals surface area contributed by atoms with Crippen LogP contribution < -0.4 is 9.46 Å². The molecule has 150 valence electrons. The first-order chi connectivity index (χ1) is 13.3. The maximum absolute atomic E-state index is 12.5. The summed E-state index contributed by atoms with van der Waals surface area (Å²) in [5.74, 6) is -0.382. The summed E-state index contributed by atoms with van der Waals surface area (Å²) in [7, 11) is -3.89. The zero-order chi connectivity index (χ0) is 20.6.